The molecular formula is C14H12IN5S. The van der Waals surface area contributed by atoms with E-state index in [0.717, 1.165) is 25.5 Å². The zero-order chi connectivity index (χ0) is 14.8. The number of thiazole rings is 1. The van der Waals surface area contributed by atoms with Gasteiger partial charge in [0.05, 0.1) is 16.3 Å². The van der Waals surface area contributed by atoms with Crippen LogP contribution in [0.5, 0.6) is 0 Å². The maximum absolute atomic E-state index is 5.74. The van der Waals surface area contributed by atoms with Crippen LogP contribution in [0.25, 0.3) is 10.6 Å². The van der Waals surface area contributed by atoms with E-state index in [-0.39, 0.29) is 0 Å². The van der Waals surface area contributed by atoms with E-state index >= 15 is 0 Å². The molecule has 1 aromatic carbocycles. The molecule has 21 heavy (non-hydrogen) atoms. The van der Waals surface area contributed by atoms with Crippen molar-refractivity contribution in [1.29, 1.82) is 0 Å². The summed E-state index contributed by atoms with van der Waals surface area (Å²) in [5.74, 6) is 0.556. The Balaban J connectivity index is 1.92. The van der Waals surface area contributed by atoms with Crippen LogP contribution in [-0.4, -0.2) is 15.0 Å². The minimum absolute atomic E-state index is 0.549. The molecule has 0 saturated carbocycles. The molecule has 0 amide bonds. The first-order chi connectivity index (χ1) is 10.1. The quantitative estimate of drug-likeness (QED) is 0.643. The fourth-order valence-corrected chi connectivity index (χ4v) is 3.24. The van der Waals surface area contributed by atoms with Gasteiger partial charge in [-0.15, -0.1) is 0 Å². The monoisotopic (exact) mass is 409 g/mol. The number of aromatic nitrogens is 3. The number of halogens is 1. The second kappa shape index (κ2) is 5.94. The molecule has 0 unspecified atom stereocenters. The number of nitrogen functional groups attached to an aromatic ring is 1. The number of anilines is 3. The van der Waals surface area contributed by atoms with Crippen molar-refractivity contribution in [2.75, 3.05) is 11.1 Å². The van der Waals surface area contributed by atoms with Gasteiger partial charge >= 0.3 is 0 Å². The van der Waals surface area contributed by atoms with Gasteiger partial charge in [-0.2, -0.15) is 0 Å². The van der Waals surface area contributed by atoms with Gasteiger partial charge < -0.3 is 11.1 Å². The Morgan fingerprint density at radius 2 is 2.10 bits per heavy atom. The van der Waals surface area contributed by atoms with E-state index in [4.69, 9.17) is 5.73 Å². The number of hydrogen-bond donors (Lipinski definition) is 2. The molecule has 0 saturated heterocycles. The summed E-state index contributed by atoms with van der Waals surface area (Å²) in [4.78, 5) is 14.0. The molecule has 2 heterocycles. The SMILES string of the molecule is Cc1nc(N)sc1-c1ccnc(Nc2cccc(I)c2)n1. The van der Waals surface area contributed by atoms with Crippen molar-refractivity contribution in [1.82, 2.24) is 15.0 Å². The summed E-state index contributed by atoms with van der Waals surface area (Å²) >= 11 is 3.70. The molecule has 0 fully saturated rings. The lowest BCUT2D eigenvalue weighted by atomic mass is 10.3. The van der Waals surface area contributed by atoms with Crippen LogP contribution in [0.2, 0.25) is 0 Å². The van der Waals surface area contributed by atoms with Gasteiger partial charge in [0, 0.05) is 15.5 Å². The second-order valence-corrected chi connectivity index (χ2v) is 6.64. The Labute approximate surface area is 139 Å². The predicted molar refractivity (Wildman–Crippen MR) is 94.7 cm³/mol. The minimum Gasteiger partial charge on any atom is -0.375 e. The van der Waals surface area contributed by atoms with Crippen LogP contribution in [0, 0.1) is 10.5 Å². The highest BCUT2D eigenvalue weighted by Crippen LogP contribution is 2.30. The van der Waals surface area contributed by atoms with Gasteiger partial charge in [-0.05, 0) is 53.8 Å². The summed E-state index contributed by atoms with van der Waals surface area (Å²) in [6, 6.07) is 9.90. The zero-order valence-electron chi connectivity index (χ0n) is 11.2. The lowest BCUT2D eigenvalue weighted by Crippen LogP contribution is -1.97. The van der Waals surface area contributed by atoms with Gasteiger partial charge in [0.25, 0.3) is 0 Å². The highest BCUT2D eigenvalue weighted by Gasteiger charge is 2.10. The lowest BCUT2D eigenvalue weighted by molar-refractivity contribution is 1.16. The van der Waals surface area contributed by atoms with E-state index < -0.39 is 0 Å². The largest absolute Gasteiger partial charge is 0.375 e. The van der Waals surface area contributed by atoms with Crippen LogP contribution in [0.15, 0.2) is 36.5 Å². The van der Waals surface area contributed by atoms with Crippen LogP contribution in [0.1, 0.15) is 5.69 Å². The molecule has 0 radical (unpaired) electrons. The van der Waals surface area contributed by atoms with Crippen molar-refractivity contribution in [2.45, 2.75) is 6.92 Å². The molecule has 0 bridgehead atoms. The fourth-order valence-electron chi connectivity index (χ4n) is 1.90. The first kappa shape index (κ1) is 14.2. The Morgan fingerprint density at radius 1 is 1.24 bits per heavy atom. The number of nitrogens with two attached hydrogens (primary N) is 1. The Kier molecular flexibility index (Phi) is 4.02. The van der Waals surface area contributed by atoms with Gasteiger partial charge in [-0.1, -0.05) is 17.4 Å². The molecule has 0 aliphatic heterocycles. The predicted octanol–water partition coefficient (Wildman–Crippen LogP) is 3.84. The van der Waals surface area contributed by atoms with Gasteiger partial charge in [0.2, 0.25) is 5.95 Å². The first-order valence-electron chi connectivity index (χ1n) is 6.21. The summed E-state index contributed by atoms with van der Waals surface area (Å²) in [6.07, 6.45) is 1.73. The van der Waals surface area contributed by atoms with Gasteiger partial charge in [-0.3, -0.25) is 0 Å². The second-order valence-electron chi connectivity index (χ2n) is 4.37. The number of aryl methyl sites for hydroxylation is 1. The topological polar surface area (TPSA) is 76.7 Å². The molecule has 3 N–H and O–H groups in total. The zero-order valence-corrected chi connectivity index (χ0v) is 14.1. The van der Waals surface area contributed by atoms with Crippen molar-refractivity contribution < 1.29 is 0 Å². The summed E-state index contributed by atoms with van der Waals surface area (Å²) in [6.45, 7) is 1.93. The Morgan fingerprint density at radius 3 is 2.81 bits per heavy atom. The highest BCUT2D eigenvalue weighted by atomic mass is 127. The van der Waals surface area contributed by atoms with Crippen molar-refractivity contribution in [3.8, 4) is 10.6 Å². The van der Waals surface area contributed by atoms with Crippen molar-refractivity contribution in [2.24, 2.45) is 0 Å². The Hall–Kier alpha value is -1.74. The molecule has 106 valence electrons. The van der Waals surface area contributed by atoms with Crippen LogP contribution in [-0.2, 0) is 0 Å². The number of nitrogens with zero attached hydrogens (tertiary/aromatic N) is 3. The molecule has 0 spiro atoms. The van der Waals surface area contributed by atoms with Gasteiger partial charge in [0.15, 0.2) is 5.13 Å². The van der Waals surface area contributed by atoms with E-state index in [2.05, 4.69) is 42.9 Å². The van der Waals surface area contributed by atoms with Crippen molar-refractivity contribution >= 4 is 50.7 Å². The van der Waals surface area contributed by atoms with E-state index in [9.17, 15) is 0 Å². The molecule has 0 aliphatic rings. The van der Waals surface area contributed by atoms with Crippen molar-refractivity contribution in [3.63, 3.8) is 0 Å². The van der Waals surface area contributed by atoms with Crippen LogP contribution in [0.4, 0.5) is 16.8 Å². The minimum atomic E-state index is 0.549. The molecule has 3 aromatic rings. The molecule has 5 nitrogen and oxygen atoms in total. The average Bonchev–Trinajstić information content (AvgIpc) is 2.78. The molecule has 0 atom stereocenters. The summed E-state index contributed by atoms with van der Waals surface area (Å²) in [5, 5.41) is 3.76. The molecule has 2 aromatic heterocycles. The third kappa shape index (κ3) is 3.30. The molecule has 3 rings (SSSR count). The van der Waals surface area contributed by atoms with Gasteiger partial charge in [0.1, 0.15) is 0 Å². The van der Waals surface area contributed by atoms with E-state index in [1.54, 1.807) is 6.20 Å². The summed E-state index contributed by atoms with van der Waals surface area (Å²) < 4.78 is 1.15. The molecule has 0 aliphatic carbocycles. The number of benzene rings is 1. The summed E-state index contributed by atoms with van der Waals surface area (Å²) in [7, 11) is 0. The fraction of sp³-hybridized carbons (Fsp3) is 0.0714. The average molecular weight is 409 g/mol. The maximum atomic E-state index is 5.74. The smallest absolute Gasteiger partial charge is 0.227 e. The Bertz CT molecular complexity index is 787. The van der Waals surface area contributed by atoms with E-state index in [1.165, 1.54) is 11.3 Å². The number of nitrogens with one attached hydrogen (secondary N) is 1. The number of rotatable bonds is 3. The van der Waals surface area contributed by atoms with Crippen LogP contribution < -0.4 is 11.1 Å². The standard InChI is InChI=1S/C14H12IN5S/c1-8-12(21-13(16)18-8)11-5-6-17-14(20-11)19-10-4-2-3-9(15)7-10/h2-7H,1H3,(H2,16,18)(H,17,19,20). The van der Waals surface area contributed by atoms with Crippen LogP contribution >= 0.6 is 33.9 Å². The van der Waals surface area contributed by atoms with E-state index in [0.29, 0.717) is 11.1 Å². The summed E-state index contributed by atoms with van der Waals surface area (Å²) in [5.41, 5.74) is 8.41. The number of hydrogen-bond acceptors (Lipinski definition) is 6. The third-order valence-electron chi connectivity index (χ3n) is 2.78. The lowest BCUT2D eigenvalue weighted by Gasteiger charge is -2.06. The highest BCUT2D eigenvalue weighted by molar-refractivity contribution is 14.1. The molecule has 7 heteroatoms. The van der Waals surface area contributed by atoms with Crippen molar-refractivity contribution in [3.05, 3.63) is 45.8 Å². The van der Waals surface area contributed by atoms with Crippen LogP contribution in [0.3, 0.4) is 0 Å². The maximum Gasteiger partial charge on any atom is 0.227 e. The molecular weight excluding hydrogens is 397 g/mol. The van der Waals surface area contributed by atoms with E-state index in [1.807, 2.05) is 37.3 Å². The normalized spacial score (nSPS) is 10.6. The third-order valence-corrected chi connectivity index (χ3v) is 4.46. The van der Waals surface area contributed by atoms with Gasteiger partial charge in [-0.25, -0.2) is 15.0 Å². The first-order valence-corrected chi connectivity index (χ1v) is 8.10.